The van der Waals surface area contributed by atoms with E-state index in [0.717, 1.165) is 12.8 Å². The Morgan fingerprint density at radius 1 is 1.16 bits per heavy atom. The summed E-state index contributed by atoms with van der Waals surface area (Å²) in [6, 6.07) is 3.37. The normalized spacial score (nSPS) is 18.6. The summed E-state index contributed by atoms with van der Waals surface area (Å²) in [5.41, 5.74) is 0. The summed E-state index contributed by atoms with van der Waals surface area (Å²) in [6.45, 7) is 0. The molecule has 1 heterocycles. The largest absolute Gasteiger partial charge is 0.366 e. The number of nitrogens with one attached hydrogen (secondary N) is 1. The fraction of sp³-hybridized carbons (Fsp3) is 0.615. The summed E-state index contributed by atoms with van der Waals surface area (Å²) in [5, 5.41) is 8.46. The van der Waals surface area contributed by atoms with Gasteiger partial charge in [0.1, 0.15) is 10.7 Å². The highest BCUT2D eigenvalue weighted by molar-refractivity contribution is 7.89. The average Bonchev–Trinajstić information content (AvgIpc) is 2.32. The first-order valence-electron chi connectivity index (χ1n) is 6.82. The molecule has 1 fully saturated rings. The van der Waals surface area contributed by atoms with Gasteiger partial charge < -0.3 is 5.32 Å². The van der Waals surface area contributed by atoms with Crippen LogP contribution in [0.15, 0.2) is 23.2 Å². The molecule has 6 heteroatoms. The number of sulfonamides is 1. The summed E-state index contributed by atoms with van der Waals surface area (Å²) in [4.78, 5) is 4.20. The fourth-order valence-electron chi connectivity index (χ4n) is 2.52. The van der Waals surface area contributed by atoms with Crippen molar-refractivity contribution < 1.29 is 8.42 Å². The lowest BCUT2D eigenvalue weighted by Gasteiger charge is -2.22. The maximum Gasteiger partial charge on any atom is 0.241 e. The summed E-state index contributed by atoms with van der Waals surface area (Å²) in [5.74, 6) is 0.385. The Bertz CT molecular complexity index is 508. The Labute approximate surface area is 114 Å². The number of anilines is 1. The number of pyridine rings is 1. The second-order valence-corrected chi connectivity index (χ2v) is 6.61. The molecule has 19 heavy (non-hydrogen) atoms. The Morgan fingerprint density at radius 3 is 2.42 bits per heavy atom. The van der Waals surface area contributed by atoms with Gasteiger partial charge in [-0.3, -0.25) is 0 Å². The summed E-state index contributed by atoms with van der Waals surface area (Å²) < 4.78 is 23.0. The van der Waals surface area contributed by atoms with Gasteiger partial charge in [0.05, 0.1) is 0 Å². The molecule has 0 atom stereocenters. The molecule has 0 bridgehead atoms. The van der Waals surface area contributed by atoms with Crippen molar-refractivity contribution >= 4 is 15.8 Å². The van der Waals surface area contributed by atoms with Gasteiger partial charge in [-0.05, 0) is 25.0 Å². The minimum absolute atomic E-state index is 0.0806. The second-order valence-electron chi connectivity index (χ2n) is 5.08. The van der Waals surface area contributed by atoms with Gasteiger partial charge in [-0.1, -0.05) is 32.1 Å². The lowest BCUT2D eigenvalue weighted by atomic mass is 9.97. The molecule has 1 aromatic rings. The number of hydrogen-bond acceptors (Lipinski definition) is 4. The van der Waals surface area contributed by atoms with E-state index in [1.165, 1.54) is 38.2 Å². The Balaban J connectivity index is 2.13. The Hall–Kier alpha value is -1.14. The van der Waals surface area contributed by atoms with E-state index in [1.807, 2.05) is 0 Å². The van der Waals surface area contributed by atoms with E-state index < -0.39 is 10.0 Å². The van der Waals surface area contributed by atoms with Crippen LogP contribution in [0, 0.1) is 0 Å². The zero-order valence-electron chi connectivity index (χ0n) is 11.0. The van der Waals surface area contributed by atoms with Crippen LogP contribution in [-0.4, -0.2) is 19.4 Å². The SMILES string of the molecule is NS(=O)(=O)c1cccnc1NC1CCCCCCC1. The van der Waals surface area contributed by atoms with Crippen LogP contribution in [-0.2, 0) is 10.0 Å². The average molecular weight is 283 g/mol. The van der Waals surface area contributed by atoms with Gasteiger partial charge in [0.15, 0.2) is 0 Å². The van der Waals surface area contributed by atoms with Crippen molar-refractivity contribution in [1.82, 2.24) is 4.98 Å². The van der Waals surface area contributed by atoms with Crippen molar-refractivity contribution in [2.24, 2.45) is 5.14 Å². The monoisotopic (exact) mass is 283 g/mol. The number of primary sulfonamides is 1. The quantitative estimate of drug-likeness (QED) is 0.891. The van der Waals surface area contributed by atoms with Crippen LogP contribution in [0.1, 0.15) is 44.9 Å². The van der Waals surface area contributed by atoms with E-state index in [0.29, 0.717) is 5.82 Å². The van der Waals surface area contributed by atoms with Crippen LogP contribution in [0.3, 0.4) is 0 Å². The third-order valence-electron chi connectivity index (χ3n) is 3.52. The molecular weight excluding hydrogens is 262 g/mol. The zero-order chi connectivity index (χ0) is 13.7. The maximum atomic E-state index is 11.5. The van der Waals surface area contributed by atoms with E-state index in [4.69, 9.17) is 5.14 Å². The number of rotatable bonds is 3. The number of nitrogens with zero attached hydrogens (tertiary/aromatic N) is 1. The van der Waals surface area contributed by atoms with Crippen molar-refractivity contribution in [3.05, 3.63) is 18.3 Å². The zero-order valence-corrected chi connectivity index (χ0v) is 11.8. The lowest BCUT2D eigenvalue weighted by molar-refractivity contribution is 0.470. The van der Waals surface area contributed by atoms with Crippen LogP contribution in [0.25, 0.3) is 0 Å². The Morgan fingerprint density at radius 2 is 1.79 bits per heavy atom. The molecule has 0 saturated heterocycles. The summed E-state index contributed by atoms with van der Waals surface area (Å²) in [7, 11) is -3.73. The molecule has 1 aliphatic rings. The smallest absolute Gasteiger partial charge is 0.241 e. The summed E-state index contributed by atoms with van der Waals surface area (Å²) in [6.07, 6.45) is 9.86. The van der Waals surface area contributed by atoms with Crippen molar-refractivity contribution in [1.29, 1.82) is 0 Å². The molecule has 0 radical (unpaired) electrons. The molecule has 2 rings (SSSR count). The van der Waals surface area contributed by atoms with E-state index in [1.54, 1.807) is 12.3 Å². The molecule has 0 amide bonds. The molecule has 3 N–H and O–H groups in total. The lowest BCUT2D eigenvalue weighted by Crippen LogP contribution is -2.24. The van der Waals surface area contributed by atoms with Crippen LogP contribution >= 0.6 is 0 Å². The fourth-order valence-corrected chi connectivity index (χ4v) is 3.17. The van der Waals surface area contributed by atoms with Gasteiger partial charge >= 0.3 is 0 Å². The van der Waals surface area contributed by atoms with Crippen LogP contribution < -0.4 is 10.5 Å². The highest BCUT2D eigenvalue weighted by Gasteiger charge is 2.18. The van der Waals surface area contributed by atoms with Gasteiger partial charge in [-0.15, -0.1) is 0 Å². The van der Waals surface area contributed by atoms with Crippen molar-refractivity contribution in [2.45, 2.75) is 55.9 Å². The van der Waals surface area contributed by atoms with Crippen molar-refractivity contribution in [2.75, 3.05) is 5.32 Å². The molecule has 5 nitrogen and oxygen atoms in total. The van der Waals surface area contributed by atoms with Crippen LogP contribution in [0.2, 0.25) is 0 Å². The van der Waals surface area contributed by atoms with E-state index in [2.05, 4.69) is 10.3 Å². The van der Waals surface area contributed by atoms with Crippen molar-refractivity contribution in [3.63, 3.8) is 0 Å². The molecule has 106 valence electrons. The van der Waals surface area contributed by atoms with E-state index in [9.17, 15) is 8.42 Å². The highest BCUT2D eigenvalue weighted by Crippen LogP contribution is 2.23. The van der Waals surface area contributed by atoms with Crippen LogP contribution in [0.4, 0.5) is 5.82 Å². The summed E-state index contributed by atoms with van der Waals surface area (Å²) >= 11 is 0. The van der Waals surface area contributed by atoms with Crippen LogP contribution in [0.5, 0.6) is 0 Å². The molecule has 0 aromatic carbocycles. The number of aromatic nitrogens is 1. The molecule has 1 aromatic heterocycles. The second kappa shape index (κ2) is 6.34. The number of nitrogens with two attached hydrogens (primary N) is 1. The molecule has 1 saturated carbocycles. The van der Waals surface area contributed by atoms with Gasteiger partial charge in [0.25, 0.3) is 0 Å². The third-order valence-corrected chi connectivity index (χ3v) is 4.47. The standard InChI is InChI=1S/C13H21N3O2S/c14-19(17,18)12-9-6-10-15-13(12)16-11-7-4-2-1-3-5-8-11/h6,9-11H,1-5,7-8H2,(H,15,16)(H2,14,17,18). The topological polar surface area (TPSA) is 85.1 Å². The van der Waals surface area contributed by atoms with Gasteiger partial charge in [0.2, 0.25) is 10.0 Å². The molecule has 0 spiro atoms. The molecule has 1 aliphatic carbocycles. The predicted molar refractivity (Wildman–Crippen MR) is 75.3 cm³/mol. The van der Waals surface area contributed by atoms with Gasteiger partial charge in [-0.25, -0.2) is 18.5 Å². The minimum atomic E-state index is -3.73. The Kier molecular flexibility index (Phi) is 4.76. The molecule has 0 aliphatic heterocycles. The van der Waals surface area contributed by atoms with E-state index >= 15 is 0 Å². The highest BCUT2D eigenvalue weighted by atomic mass is 32.2. The van der Waals surface area contributed by atoms with Gasteiger partial charge in [-0.2, -0.15) is 0 Å². The first kappa shape index (κ1) is 14.3. The predicted octanol–water partition coefficient (Wildman–Crippen LogP) is 2.25. The molecule has 0 unspecified atom stereocenters. The first-order valence-corrected chi connectivity index (χ1v) is 8.36. The van der Waals surface area contributed by atoms with Gasteiger partial charge in [0, 0.05) is 12.2 Å². The number of hydrogen-bond donors (Lipinski definition) is 2. The molecular formula is C13H21N3O2S. The first-order chi connectivity index (χ1) is 9.07. The van der Waals surface area contributed by atoms with Crippen molar-refractivity contribution in [3.8, 4) is 0 Å². The third kappa shape index (κ3) is 4.18. The minimum Gasteiger partial charge on any atom is -0.366 e. The van der Waals surface area contributed by atoms with E-state index in [-0.39, 0.29) is 10.9 Å². The maximum absolute atomic E-state index is 11.5.